The second-order valence-corrected chi connectivity index (χ2v) is 6.93. The summed E-state index contributed by atoms with van der Waals surface area (Å²) in [6.07, 6.45) is 6.65. The molecular weight excluding hydrogens is 208 g/mol. The molecule has 2 N–H and O–H groups in total. The lowest BCUT2D eigenvalue weighted by molar-refractivity contribution is 0.209. The highest BCUT2D eigenvalue weighted by Gasteiger charge is 2.29. The topological polar surface area (TPSA) is 29.3 Å². The molecule has 17 heavy (non-hydrogen) atoms. The Morgan fingerprint density at radius 1 is 1.24 bits per heavy atom. The Morgan fingerprint density at radius 3 is 2.35 bits per heavy atom. The van der Waals surface area contributed by atoms with Crippen molar-refractivity contribution < 1.29 is 0 Å². The van der Waals surface area contributed by atoms with E-state index in [-0.39, 0.29) is 0 Å². The average Bonchev–Trinajstić information content (AvgIpc) is 2.98. The van der Waals surface area contributed by atoms with Gasteiger partial charge < -0.3 is 10.6 Å². The van der Waals surface area contributed by atoms with Gasteiger partial charge >= 0.3 is 0 Å². The van der Waals surface area contributed by atoms with Gasteiger partial charge in [-0.05, 0) is 56.5 Å². The summed E-state index contributed by atoms with van der Waals surface area (Å²) >= 11 is 0. The minimum Gasteiger partial charge on any atom is -0.330 e. The molecule has 1 aliphatic rings. The van der Waals surface area contributed by atoms with E-state index in [1.165, 1.54) is 38.8 Å². The van der Waals surface area contributed by atoms with Gasteiger partial charge in [-0.25, -0.2) is 0 Å². The maximum Gasteiger partial charge on any atom is 0.00965 e. The van der Waals surface area contributed by atoms with E-state index in [2.05, 4.69) is 32.6 Å². The van der Waals surface area contributed by atoms with E-state index in [0.717, 1.165) is 24.9 Å². The summed E-state index contributed by atoms with van der Waals surface area (Å²) < 4.78 is 0. The molecule has 2 nitrogen and oxygen atoms in total. The van der Waals surface area contributed by atoms with Gasteiger partial charge in [0.2, 0.25) is 0 Å². The maximum absolute atomic E-state index is 5.66. The first kappa shape index (κ1) is 15.0. The fourth-order valence-corrected chi connectivity index (χ4v) is 2.61. The zero-order chi connectivity index (χ0) is 12.9. The molecule has 0 heterocycles. The van der Waals surface area contributed by atoms with Crippen LogP contribution in [0.2, 0.25) is 0 Å². The molecule has 0 radical (unpaired) electrons. The minimum absolute atomic E-state index is 0.432. The van der Waals surface area contributed by atoms with Gasteiger partial charge in [0, 0.05) is 12.6 Å². The standard InChI is InChI=1S/C15H32N2/c1-13(2)12-17(14-6-7-14)11-5-8-15(3,4)9-10-16/h13-14H,5-12,16H2,1-4H3. The van der Waals surface area contributed by atoms with Gasteiger partial charge in [0.1, 0.15) is 0 Å². The summed E-state index contributed by atoms with van der Waals surface area (Å²) in [5, 5.41) is 0. The van der Waals surface area contributed by atoms with Crippen molar-refractivity contribution in [3.05, 3.63) is 0 Å². The van der Waals surface area contributed by atoms with Crippen molar-refractivity contribution in [1.82, 2.24) is 4.90 Å². The van der Waals surface area contributed by atoms with Crippen LogP contribution in [0.3, 0.4) is 0 Å². The van der Waals surface area contributed by atoms with Crippen LogP contribution >= 0.6 is 0 Å². The summed E-state index contributed by atoms with van der Waals surface area (Å²) in [6, 6.07) is 0.912. The van der Waals surface area contributed by atoms with Gasteiger partial charge in [0.25, 0.3) is 0 Å². The first-order valence-corrected chi connectivity index (χ1v) is 7.39. The van der Waals surface area contributed by atoms with Crippen LogP contribution in [0.4, 0.5) is 0 Å². The summed E-state index contributed by atoms with van der Waals surface area (Å²) in [7, 11) is 0. The average molecular weight is 240 g/mol. The lowest BCUT2D eigenvalue weighted by atomic mass is 9.84. The summed E-state index contributed by atoms with van der Waals surface area (Å²) in [4.78, 5) is 2.71. The molecule has 1 saturated carbocycles. The third-order valence-electron chi connectivity index (χ3n) is 3.78. The fourth-order valence-electron chi connectivity index (χ4n) is 2.61. The molecule has 0 unspecified atom stereocenters. The Bertz CT molecular complexity index is 207. The Kier molecular flexibility index (Phi) is 5.94. The highest BCUT2D eigenvalue weighted by atomic mass is 15.2. The molecule has 1 rings (SSSR count). The number of hydrogen-bond acceptors (Lipinski definition) is 2. The van der Waals surface area contributed by atoms with E-state index < -0.39 is 0 Å². The van der Waals surface area contributed by atoms with Crippen LogP contribution in [0.5, 0.6) is 0 Å². The maximum atomic E-state index is 5.66. The van der Waals surface area contributed by atoms with Crippen LogP contribution < -0.4 is 5.73 Å². The number of rotatable bonds is 9. The fraction of sp³-hybridized carbons (Fsp3) is 1.00. The Balaban J connectivity index is 2.22. The van der Waals surface area contributed by atoms with Crippen LogP contribution in [0.1, 0.15) is 59.8 Å². The predicted octanol–water partition coefficient (Wildman–Crippen LogP) is 3.26. The van der Waals surface area contributed by atoms with Crippen molar-refractivity contribution in [2.75, 3.05) is 19.6 Å². The van der Waals surface area contributed by atoms with Crippen molar-refractivity contribution >= 4 is 0 Å². The van der Waals surface area contributed by atoms with Gasteiger partial charge in [-0.3, -0.25) is 0 Å². The van der Waals surface area contributed by atoms with Crippen LogP contribution in [-0.2, 0) is 0 Å². The summed E-state index contributed by atoms with van der Waals surface area (Å²) in [5.74, 6) is 0.799. The van der Waals surface area contributed by atoms with Gasteiger partial charge in [-0.15, -0.1) is 0 Å². The second-order valence-electron chi connectivity index (χ2n) is 6.93. The Hall–Kier alpha value is -0.0800. The van der Waals surface area contributed by atoms with Gasteiger partial charge in [-0.1, -0.05) is 27.7 Å². The quantitative estimate of drug-likeness (QED) is 0.670. The normalized spacial score (nSPS) is 17.1. The molecule has 0 spiro atoms. The van der Waals surface area contributed by atoms with Crippen LogP contribution in [0, 0.1) is 11.3 Å². The molecule has 0 saturated heterocycles. The zero-order valence-corrected chi connectivity index (χ0v) is 12.3. The largest absolute Gasteiger partial charge is 0.330 e. The van der Waals surface area contributed by atoms with Crippen molar-refractivity contribution in [3.8, 4) is 0 Å². The number of nitrogens with zero attached hydrogens (tertiary/aromatic N) is 1. The van der Waals surface area contributed by atoms with Crippen LogP contribution in [0.25, 0.3) is 0 Å². The summed E-state index contributed by atoms with van der Waals surface area (Å²) in [6.45, 7) is 12.7. The zero-order valence-electron chi connectivity index (χ0n) is 12.3. The number of nitrogens with two attached hydrogens (primary N) is 1. The van der Waals surface area contributed by atoms with E-state index in [4.69, 9.17) is 5.73 Å². The molecule has 1 aliphatic carbocycles. The molecule has 0 aliphatic heterocycles. The number of hydrogen-bond donors (Lipinski definition) is 1. The van der Waals surface area contributed by atoms with Crippen molar-refractivity contribution in [2.45, 2.75) is 65.8 Å². The monoisotopic (exact) mass is 240 g/mol. The van der Waals surface area contributed by atoms with Crippen molar-refractivity contribution in [3.63, 3.8) is 0 Å². The van der Waals surface area contributed by atoms with Gasteiger partial charge in [-0.2, -0.15) is 0 Å². The van der Waals surface area contributed by atoms with Crippen molar-refractivity contribution in [2.24, 2.45) is 17.1 Å². The molecular formula is C15H32N2. The smallest absolute Gasteiger partial charge is 0.00965 e. The molecule has 1 fully saturated rings. The third-order valence-corrected chi connectivity index (χ3v) is 3.78. The Morgan fingerprint density at radius 2 is 1.88 bits per heavy atom. The lowest BCUT2D eigenvalue weighted by Crippen LogP contribution is -2.31. The molecule has 0 amide bonds. The van der Waals surface area contributed by atoms with Crippen LogP contribution in [-0.4, -0.2) is 30.6 Å². The van der Waals surface area contributed by atoms with Crippen molar-refractivity contribution in [1.29, 1.82) is 0 Å². The highest BCUT2D eigenvalue weighted by molar-refractivity contribution is 4.85. The first-order chi connectivity index (χ1) is 7.94. The Labute approximate surface area is 108 Å². The molecule has 0 aromatic heterocycles. The summed E-state index contributed by atoms with van der Waals surface area (Å²) in [5.41, 5.74) is 6.09. The SMILES string of the molecule is CC(C)CN(CCCC(C)(C)CCN)C1CC1. The van der Waals surface area contributed by atoms with Crippen LogP contribution in [0.15, 0.2) is 0 Å². The van der Waals surface area contributed by atoms with E-state index in [1.54, 1.807) is 0 Å². The predicted molar refractivity (Wildman–Crippen MR) is 76.1 cm³/mol. The van der Waals surface area contributed by atoms with E-state index >= 15 is 0 Å². The molecule has 0 bridgehead atoms. The van der Waals surface area contributed by atoms with E-state index in [9.17, 15) is 0 Å². The molecule has 0 aromatic rings. The first-order valence-electron chi connectivity index (χ1n) is 7.39. The molecule has 0 aromatic carbocycles. The van der Waals surface area contributed by atoms with Gasteiger partial charge in [0.05, 0.1) is 0 Å². The molecule has 0 atom stereocenters. The van der Waals surface area contributed by atoms with E-state index in [0.29, 0.717) is 5.41 Å². The van der Waals surface area contributed by atoms with E-state index in [1.807, 2.05) is 0 Å². The minimum atomic E-state index is 0.432. The van der Waals surface area contributed by atoms with Gasteiger partial charge in [0.15, 0.2) is 0 Å². The third kappa shape index (κ3) is 6.42. The molecule has 2 heteroatoms. The second kappa shape index (κ2) is 6.75. The molecule has 102 valence electrons. The lowest BCUT2D eigenvalue weighted by Gasteiger charge is -2.28. The highest BCUT2D eigenvalue weighted by Crippen LogP contribution is 2.30.